The Morgan fingerprint density at radius 2 is 1.90 bits per heavy atom. The molecule has 0 saturated carbocycles. The highest BCUT2D eigenvalue weighted by Crippen LogP contribution is 2.33. The fourth-order valence-corrected chi connectivity index (χ4v) is 3.82. The second kappa shape index (κ2) is 8.27. The summed E-state index contributed by atoms with van der Waals surface area (Å²) in [6, 6.07) is 2.66. The fourth-order valence-electron chi connectivity index (χ4n) is 3.82. The highest BCUT2D eigenvalue weighted by Gasteiger charge is 2.26. The summed E-state index contributed by atoms with van der Waals surface area (Å²) in [7, 11) is 0. The number of rotatable bonds is 7. The fraction of sp³-hybridized carbons (Fsp3) is 0.500. The van der Waals surface area contributed by atoms with E-state index in [2.05, 4.69) is 5.32 Å². The molecular formula is C22H27NO6. The number of carbonyl (C=O) groups excluding carboxylic acids is 1. The second-order valence-corrected chi connectivity index (χ2v) is 8.05. The number of carboxylic acids is 1. The SMILES string of the molecule is Cc1c(O[C@H](C)C(=O)N[C@@H](CC(C)C)C(=O)O)ccc2c3c(c(=O)oc12)CCC3. The van der Waals surface area contributed by atoms with E-state index in [-0.39, 0.29) is 11.5 Å². The Morgan fingerprint density at radius 1 is 1.21 bits per heavy atom. The van der Waals surface area contributed by atoms with Crippen molar-refractivity contribution >= 4 is 22.8 Å². The number of benzene rings is 1. The van der Waals surface area contributed by atoms with Gasteiger partial charge in [0, 0.05) is 16.5 Å². The molecule has 0 bridgehead atoms. The Kier molecular flexibility index (Phi) is 5.96. The van der Waals surface area contributed by atoms with Gasteiger partial charge in [-0.2, -0.15) is 0 Å². The van der Waals surface area contributed by atoms with E-state index in [1.807, 2.05) is 19.9 Å². The molecular weight excluding hydrogens is 374 g/mol. The lowest BCUT2D eigenvalue weighted by Gasteiger charge is -2.21. The molecule has 1 aromatic carbocycles. The van der Waals surface area contributed by atoms with E-state index in [4.69, 9.17) is 9.15 Å². The van der Waals surface area contributed by atoms with Crippen LogP contribution in [-0.4, -0.2) is 29.1 Å². The lowest BCUT2D eigenvalue weighted by atomic mass is 10.0. The Balaban J connectivity index is 1.81. The van der Waals surface area contributed by atoms with E-state index >= 15 is 0 Å². The van der Waals surface area contributed by atoms with E-state index in [1.54, 1.807) is 19.9 Å². The summed E-state index contributed by atoms with van der Waals surface area (Å²) < 4.78 is 11.3. The predicted octanol–water partition coefficient (Wildman–Crippen LogP) is 2.97. The van der Waals surface area contributed by atoms with Gasteiger partial charge < -0.3 is 19.6 Å². The van der Waals surface area contributed by atoms with Crippen molar-refractivity contribution in [3.8, 4) is 5.75 Å². The maximum absolute atomic E-state index is 12.5. The number of aliphatic carboxylic acids is 1. The van der Waals surface area contributed by atoms with Crippen LogP contribution in [0, 0.1) is 12.8 Å². The summed E-state index contributed by atoms with van der Waals surface area (Å²) in [6.45, 7) is 7.13. The summed E-state index contributed by atoms with van der Waals surface area (Å²) >= 11 is 0. The molecule has 1 aromatic heterocycles. The van der Waals surface area contributed by atoms with Crippen molar-refractivity contribution in [1.29, 1.82) is 0 Å². The zero-order valence-electron chi connectivity index (χ0n) is 17.2. The number of nitrogens with one attached hydrogen (secondary N) is 1. The second-order valence-electron chi connectivity index (χ2n) is 8.05. The van der Waals surface area contributed by atoms with Gasteiger partial charge in [0.25, 0.3) is 5.91 Å². The zero-order chi connectivity index (χ0) is 21.3. The lowest BCUT2D eigenvalue weighted by Crippen LogP contribution is -2.46. The molecule has 0 saturated heterocycles. The van der Waals surface area contributed by atoms with Crippen LogP contribution < -0.4 is 15.7 Å². The molecule has 29 heavy (non-hydrogen) atoms. The molecule has 7 nitrogen and oxygen atoms in total. The minimum absolute atomic E-state index is 0.125. The van der Waals surface area contributed by atoms with E-state index in [0.29, 0.717) is 23.3 Å². The van der Waals surface area contributed by atoms with Crippen LogP contribution >= 0.6 is 0 Å². The third-order valence-electron chi connectivity index (χ3n) is 5.33. The largest absolute Gasteiger partial charge is 0.480 e. The number of aryl methyl sites for hydroxylation is 2. The van der Waals surface area contributed by atoms with Crippen molar-refractivity contribution in [2.75, 3.05) is 0 Å². The van der Waals surface area contributed by atoms with Gasteiger partial charge in [-0.15, -0.1) is 0 Å². The standard InChI is InChI=1S/C22H27NO6/c1-11(2)10-17(21(25)26)23-20(24)13(4)28-18-9-8-15-14-6-5-7-16(14)22(27)29-19(15)12(18)3/h8-9,11,13,17H,5-7,10H2,1-4H3,(H,23,24)(H,25,26)/t13-,17+/m1/s1. The number of carboxylic acid groups (broad SMARTS) is 1. The molecule has 1 amide bonds. The summed E-state index contributed by atoms with van der Waals surface area (Å²) in [5, 5.41) is 12.7. The first-order valence-electron chi connectivity index (χ1n) is 9.97. The molecule has 2 aromatic rings. The molecule has 156 valence electrons. The minimum atomic E-state index is -1.07. The predicted molar refractivity (Wildman–Crippen MR) is 108 cm³/mol. The normalized spacial score (nSPS) is 15.2. The molecule has 7 heteroatoms. The molecule has 0 radical (unpaired) electrons. The van der Waals surface area contributed by atoms with Crippen LogP contribution in [0.15, 0.2) is 21.3 Å². The Labute approximate surface area is 169 Å². The third kappa shape index (κ3) is 4.28. The van der Waals surface area contributed by atoms with Gasteiger partial charge in [0.15, 0.2) is 6.10 Å². The van der Waals surface area contributed by atoms with Gasteiger partial charge in [-0.1, -0.05) is 13.8 Å². The van der Waals surface area contributed by atoms with Gasteiger partial charge in [-0.3, -0.25) is 4.79 Å². The van der Waals surface area contributed by atoms with E-state index in [0.717, 1.165) is 35.8 Å². The van der Waals surface area contributed by atoms with Gasteiger partial charge in [-0.05, 0) is 63.1 Å². The van der Waals surface area contributed by atoms with E-state index in [1.165, 1.54) is 0 Å². The van der Waals surface area contributed by atoms with Crippen LogP contribution in [0.3, 0.4) is 0 Å². The average molecular weight is 401 g/mol. The molecule has 1 aliphatic rings. The Bertz CT molecular complexity index is 1010. The third-order valence-corrected chi connectivity index (χ3v) is 5.33. The van der Waals surface area contributed by atoms with Crippen LogP contribution in [0.25, 0.3) is 11.0 Å². The smallest absolute Gasteiger partial charge is 0.339 e. The maximum atomic E-state index is 12.5. The van der Waals surface area contributed by atoms with Crippen LogP contribution in [-0.2, 0) is 22.4 Å². The van der Waals surface area contributed by atoms with Crippen molar-refractivity contribution in [3.05, 3.63) is 39.2 Å². The topological polar surface area (TPSA) is 106 Å². The van der Waals surface area contributed by atoms with Gasteiger partial charge in [0.2, 0.25) is 0 Å². The number of ether oxygens (including phenoxy) is 1. The average Bonchev–Trinajstić information content (AvgIpc) is 3.14. The molecule has 0 aliphatic heterocycles. The highest BCUT2D eigenvalue weighted by molar-refractivity contribution is 5.88. The summed E-state index contributed by atoms with van der Waals surface area (Å²) in [5.41, 5.74) is 2.60. The van der Waals surface area contributed by atoms with Crippen LogP contribution in [0.2, 0.25) is 0 Å². The van der Waals surface area contributed by atoms with Gasteiger partial charge in [-0.25, -0.2) is 9.59 Å². The van der Waals surface area contributed by atoms with Crippen molar-refractivity contribution in [2.24, 2.45) is 5.92 Å². The molecule has 0 fully saturated rings. The molecule has 1 aliphatic carbocycles. The molecule has 0 unspecified atom stereocenters. The van der Waals surface area contributed by atoms with Crippen molar-refractivity contribution < 1.29 is 23.8 Å². The first kappa shape index (κ1) is 20.9. The molecule has 1 heterocycles. The van der Waals surface area contributed by atoms with Crippen molar-refractivity contribution in [2.45, 2.75) is 65.5 Å². The summed E-state index contributed by atoms with van der Waals surface area (Å²) in [5.74, 6) is -1.03. The number of fused-ring (bicyclic) bond motifs is 3. The number of amides is 1. The van der Waals surface area contributed by atoms with Crippen LogP contribution in [0.4, 0.5) is 0 Å². The van der Waals surface area contributed by atoms with Gasteiger partial charge >= 0.3 is 11.6 Å². The molecule has 2 N–H and O–H groups in total. The van der Waals surface area contributed by atoms with Crippen molar-refractivity contribution in [3.63, 3.8) is 0 Å². The quantitative estimate of drug-likeness (QED) is 0.691. The zero-order valence-corrected chi connectivity index (χ0v) is 17.2. The monoisotopic (exact) mass is 401 g/mol. The minimum Gasteiger partial charge on any atom is -0.480 e. The van der Waals surface area contributed by atoms with Crippen LogP contribution in [0.1, 0.15) is 50.3 Å². The number of hydrogen-bond acceptors (Lipinski definition) is 5. The van der Waals surface area contributed by atoms with E-state index in [9.17, 15) is 19.5 Å². The summed E-state index contributed by atoms with van der Waals surface area (Å²) in [4.78, 5) is 36.1. The van der Waals surface area contributed by atoms with Crippen molar-refractivity contribution in [1.82, 2.24) is 5.32 Å². The number of carbonyl (C=O) groups is 2. The lowest BCUT2D eigenvalue weighted by molar-refractivity contribution is -0.143. The Hall–Kier alpha value is -2.83. The van der Waals surface area contributed by atoms with Crippen LogP contribution in [0.5, 0.6) is 5.75 Å². The van der Waals surface area contributed by atoms with Gasteiger partial charge in [0.1, 0.15) is 17.4 Å². The summed E-state index contributed by atoms with van der Waals surface area (Å²) in [6.07, 6.45) is 1.96. The Morgan fingerprint density at radius 3 is 2.55 bits per heavy atom. The first-order valence-corrected chi connectivity index (χ1v) is 9.97. The maximum Gasteiger partial charge on any atom is 0.339 e. The number of hydrogen-bond donors (Lipinski definition) is 2. The first-order chi connectivity index (χ1) is 13.7. The molecule has 2 atom stereocenters. The molecule has 0 spiro atoms. The van der Waals surface area contributed by atoms with E-state index < -0.39 is 24.0 Å². The molecule has 3 rings (SSSR count). The highest BCUT2D eigenvalue weighted by atomic mass is 16.5. The van der Waals surface area contributed by atoms with Gasteiger partial charge in [0.05, 0.1) is 0 Å².